The number of nitrogens with one attached hydrogen (secondary N) is 2. The lowest BCUT2D eigenvalue weighted by Crippen LogP contribution is -2.50. The summed E-state index contributed by atoms with van der Waals surface area (Å²) in [5.41, 5.74) is 1.74. The molecule has 6 heteroatoms. The summed E-state index contributed by atoms with van der Waals surface area (Å²) in [5.74, 6) is 0.655. The summed E-state index contributed by atoms with van der Waals surface area (Å²) in [4.78, 5) is 27.5. The monoisotopic (exact) mass is 403 g/mol. The van der Waals surface area contributed by atoms with Gasteiger partial charge in [-0.15, -0.1) is 0 Å². The number of carbonyl (C=O) groups is 2. The van der Waals surface area contributed by atoms with Gasteiger partial charge in [0.2, 0.25) is 11.8 Å². The van der Waals surface area contributed by atoms with Crippen LogP contribution in [-0.4, -0.2) is 49.5 Å². The zero-order valence-electron chi connectivity index (χ0n) is 18.4. The molecular weight excluding hydrogens is 366 g/mol. The van der Waals surface area contributed by atoms with E-state index in [1.54, 1.807) is 7.11 Å². The van der Waals surface area contributed by atoms with Gasteiger partial charge in [-0.05, 0) is 57.4 Å². The lowest BCUT2D eigenvalue weighted by molar-refractivity contribution is -0.129. The molecule has 0 aromatic heterocycles. The van der Waals surface area contributed by atoms with E-state index in [2.05, 4.69) is 22.5 Å². The maximum atomic E-state index is 12.8. The number of amides is 2. The number of piperidine rings is 1. The highest BCUT2D eigenvalue weighted by Crippen LogP contribution is 2.26. The molecule has 6 nitrogen and oxygen atoms in total. The van der Waals surface area contributed by atoms with Crippen molar-refractivity contribution in [3.05, 3.63) is 23.8 Å². The molecular formula is C23H37N3O3. The van der Waals surface area contributed by atoms with Gasteiger partial charge in [0, 0.05) is 13.1 Å². The number of methoxy groups -OCH3 is 1. The Bertz CT molecular complexity index is 677. The van der Waals surface area contributed by atoms with Crippen LogP contribution in [0, 0.1) is 12.8 Å². The molecule has 0 unspecified atom stereocenters. The summed E-state index contributed by atoms with van der Waals surface area (Å²) in [6.07, 6.45) is 6.42. The lowest BCUT2D eigenvalue weighted by atomic mass is 9.95. The van der Waals surface area contributed by atoms with Gasteiger partial charge in [-0.25, -0.2) is 0 Å². The number of hydrogen-bond donors (Lipinski definition) is 2. The molecule has 1 aliphatic heterocycles. The van der Waals surface area contributed by atoms with Crippen LogP contribution in [0.3, 0.4) is 0 Å². The normalized spacial score (nSPS) is 18.1. The minimum absolute atomic E-state index is 0.0429. The van der Waals surface area contributed by atoms with E-state index in [1.807, 2.05) is 32.0 Å². The average molecular weight is 404 g/mol. The van der Waals surface area contributed by atoms with Crippen molar-refractivity contribution in [2.75, 3.05) is 32.1 Å². The van der Waals surface area contributed by atoms with Gasteiger partial charge in [-0.2, -0.15) is 0 Å². The largest absolute Gasteiger partial charge is 0.495 e. The van der Waals surface area contributed by atoms with E-state index in [-0.39, 0.29) is 23.8 Å². The third-order valence-electron chi connectivity index (χ3n) is 5.69. The molecule has 2 atom stereocenters. The molecule has 1 saturated heterocycles. The van der Waals surface area contributed by atoms with Gasteiger partial charge >= 0.3 is 0 Å². The van der Waals surface area contributed by atoms with Gasteiger partial charge in [0.05, 0.1) is 24.8 Å². The molecule has 0 bridgehead atoms. The van der Waals surface area contributed by atoms with Gasteiger partial charge in [0.15, 0.2) is 0 Å². The summed E-state index contributed by atoms with van der Waals surface area (Å²) >= 11 is 0. The van der Waals surface area contributed by atoms with Crippen LogP contribution >= 0.6 is 0 Å². The number of unbranched alkanes of at least 4 members (excludes halogenated alkanes) is 3. The van der Waals surface area contributed by atoms with Crippen molar-refractivity contribution in [2.45, 2.75) is 65.3 Å². The molecule has 1 fully saturated rings. The van der Waals surface area contributed by atoms with E-state index < -0.39 is 0 Å². The first-order chi connectivity index (χ1) is 14.0. The van der Waals surface area contributed by atoms with E-state index in [0.29, 0.717) is 18.0 Å². The first-order valence-electron chi connectivity index (χ1n) is 10.9. The number of rotatable bonds is 10. The van der Waals surface area contributed by atoms with Crippen molar-refractivity contribution in [1.82, 2.24) is 10.2 Å². The summed E-state index contributed by atoms with van der Waals surface area (Å²) in [7, 11) is 1.60. The minimum Gasteiger partial charge on any atom is -0.495 e. The number of carbonyl (C=O) groups excluding carboxylic acids is 2. The molecule has 0 spiro atoms. The zero-order valence-corrected chi connectivity index (χ0v) is 18.4. The second-order valence-electron chi connectivity index (χ2n) is 8.05. The number of benzene rings is 1. The van der Waals surface area contributed by atoms with E-state index >= 15 is 0 Å². The molecule has 162 valence electrons. The third-order valence-corrected chi connectivity index (χ3v) is 5.69. The summed E-state index contributed by atoms with van der Waals surface area (Å²) in [6, 6.07) is 5.42. The van der Waals surface area contributed by atoms with Gasteiger partial charge in [-0.1, -0.05) is 32.3 Å². The summed E-state index contributed by atoms with van der Waals surface area (Å²) in [6.45, 7) is 8.28. The van der Waals surface area contributed by atoms with E-state index in [0.717, 1.165) is 44.3 Å². The van der Waals surface area contributed by atoms with E-state index in [4.69, 9.17) is 4.74 Å². The Hall–Kier alpha value is -2.08. The van der Waals surface area contributed by atoms with E-state index in [9.17, 15) is 9.59 Å². The predicted molar refractivity (Wildman–Crippen MR) is 117 cm³/mol. The Balaban J connectivity index is 1.88. The SMILES string of the molecule is CCCCCCNC(=O)[C@H]1CCCN([C@@H](C)C(=O)Nc2cc(C)ccc2OC)C1. The third kappa shape index (κ3) is 7.03. The van der Waals surface area contributed by atoms with Crippen molar-refractivity contribution < 1.29 is 14.3 Å². The van der Waals surface area contributed by atoms with Crippen LogP contribution in [0.4, 0.5) is 5.69 Å². The zero-order chi connectivity index (χ0) is 21.2. The Morgan fingerprint density at radius 3 is 2.79 bits per heavy atom. The maximum absolute atomic E-state index is 12.8. The second-order valence-corrected chi connectivity index (χ2v) is 8.05. The van der Waals surface area contributed by atoms with Crippen molar-refractivity contribution in [2.24, 2.45) is 5.92 Å². The fourth-order valence-corrected chi connectivity index (χ4v) is 3.80. The highest BCUT2D eigenvalue weighted by atomic mass is 16.5. The van der Waals surface area contributed by atoms with Crippen LogP contribution < -0.4 is 15.4 Å². The highest BCUT2D eigenvalue weighted by Gasteiger charge is 2.31. The molecule has 2 N–H and O–H groups in total. The Morgan fingerprint density at radius 1 is 1.28 bits per heavy atom. The van der Waals surface area contributed by atoms with Crippen LogP contribution in [0.2, 0.25) is 0 Å². The van der Waals surface area contributed by atoms with Crippen LogP contribution in [0.25, 0.3) is 0 Å². The van der Waals surface area contributed by atoms with Crippen molar-refractivity contribution in [3.63, 3.8) is 0 Å². The smallest absolute Gasteiger partial charge is 0.241 e. The quantitative estimate of drug-likeness (QED) is 0.584. The molecule has 2 rings (SSSR count). The van der Waals surface area contributed by atoms with E-state index in [1.165, 1.54) is 12.8 Å². The first kappa shape index (κ1) is 23.2. The number of hydrogen-bond acceptors (Lipinski definition) is 4. The minimum atomic E-state index is -0.305. The number of ether oxygens (including phenoxy) is 1. The molecule has 0 saturated carbocycles. The number of anilines is 1. The number of aryl methyl sites for hydroxylation is 1. The van der Waals surface area contributed by atoms with Gasteiger partial charge < -0.3 is 15.4 Å². The number of likely N-dealkylation sites (tertiary alicyclic amines) is 1. The lowest BCUT2D eigenvalue weighted by Gasteiger charge is -2.35. The van der Waals surface area contributed by atoms with Gasteiger partial charge in [0.1, 0.15) is 5.75 Å². The van der Waals surface area contributed by atoms with Crippen LogP contribution in [0.1, 0.15) is 57.9 Å². The second kappa shape index (κ2) is 11.8. The molecule has 1 aromatic carbocycles. The molecule has 1 aromatic rings. The molecule has 0 aliphatic carbocycles. The van der Waals surface area contributed by atoms with Crippen LogP contribution in [0.5, 0.6) is 5.75 Å². The fourth-order valence-electron chi connectivity index (χ4n) is 3.80. The summed E-state index contributed by atoms with van der Waals surface area (Å²) in [5, 5.41) is 6.07. The topological polar surface area (TPSA) is 70.7 Å². The first-order valence-corrected chi connectivity index (χ1v) is 10.9. The van der Waals surface area contributed by atoms with Crippen LogP contribution in [-0.2, 0) is 9.59 Å². The molecule has 2 amide bonds. The average Bonchev–Trinajstić information content (AvgIpc) is 2.73. The molecule has 0 radical (unpaired) electrons. The van der Waals surface area contributed by atoms with Crippen molar-refractivity contribution in [1.29, 1.82) is 0 Å². The fraction of sp³-hybridized carbons (Fsp3) is 0.652. The molecule has 1 aliphatic rings. The summed E-state index contributed by atoms with van der Waals surface area (Å²) < 4.78 is 5.36. The Labute approximate surface area is 175 Å². The van der Waals surface area contributed by atoms with Gasteiger partial charge in [0.25, 0.3) is 0 Å². The Morgan fingerprint density at radius 2 is 2.07 bits per heavy atom. The predicted octanol–water partition coefficient (Wildman–Crippen LogP) is 3.74. The van der Waals surface area contributed by atoms with Crippen molar-refractivity contribution >= 4 is 17.5 Å². The highest BCUT2D eigenvalue weighted by molar-refractivity contribution is 5.96. The van der Waals surface area contributed by atoms with Crippen LogP contribution in [0.15, 0.2) is 18.2 Å². The molecule has 29 heavy (non-hydrogen) atoms. The van der Waals surface area contributed by atoms with Gasteiger partial charge in [-0.3, -0.25) is 14.5 Å². The maximum Gasteiger partial charge on any atom is 0.241 e. The van der Waals surface area contributed by atoms with Crippen molar-refractivity contribution in [3.8, 4) is 5.75 Å². The molecule has 1 heterocycles. The number of nitrogens with zero attached hydrogens (tertiary/aromatic N) is 1. The Kier molecular flexibility index (Phi) is 9.45. The standard InChI is InChI=1S/C23H37N3O3/c1-5-6-7-8-13-24-23(28)19-10-9-14-26(16-19)18(3)22(27)25-20-15-17(2)11-12-21(20)29-4/h11-12,15,18-19H,5-10,13-14,16H2,1-4H3,(H,24,28)(H,25,27)/t18-,19-/m0/s1.